The number of carbonyl (C=O) groups excluding carboxylic acids is 4. The Hall–Kier alpha value is -4.52. The van der Waals surface area contributed by atoms with E-state index in [1.165, 1.54) is 20.1 Å². The number of benzene rings is 2. The molecule has 2 aromatic carbocycles. The predicted molar refractivity (Wildman–Crippen MR) is 174 cm³/mol. The molecule has 4 unspecified atom stereocenters. The quantitative estimate of drug-likeness (QED) is 0.215. The van der Waals surface area contributed by atoms with Gasteiger partial charge in [-0.15, -0.1) is 0 Å². The molecule has 2 heterocycles. The van der Waals surface area contributed by atoms with Gasteiger partial charge in [-0.3, -0.25) is 9.59 Å². The SMILES string of the molecule is COCOc1cc(OCC(=O)CNC(C)=O)cc2c1C(=O)OC(C)[C@H](C)/C=C\C(OC(=O)c1ccccc1)C1OC(C)(C)OC1C/C=C/2. The molecular formula is C36H43NO11. The van der Waals surface area contributed by atoms with E-state index >= 15 is 0 Å². The van der Waals surface area contributed by atoms with E-state index in [0.29, 0.717) is 17.5 Å². The van der Waals surface area contributed by atoms with Crippen LogP contribution in [-0.2, 0) is 33.3 Å². The highest BCUT2D eigenvalue weighted by Gasteiger charge is 2.45. The van der Waals surface area contributed by atoms with Gasteiger partial charge in [-0.25, -0.2) is 9.59 Å². The molecule has 1 fully saturated rings. The minimum absolute atomic E-state index is 0.128. The number of esters is 2. The maximum atomic E-state index is 13.7. The molecule has 0 aromatic heterocycles. The summed E-state index contributed by atoms with van der Waals surface area (Å²) < 4.78 is 41.1. The Balaban J connectivity index is 1.71. The highest BCUT2D eigenvalue weighted by Crippen LogP contribution is 2.36. The normalized spacial score (nSPS) is 24.9. The third kappa shape index (κ3) is 9.99. The van der Waals surface area contributed by atoms with Crippen LogP contribution >= 0.6 is 0 Å². The van der Waals surface area contributed by atoms with Crippen LogP contribution in [-0.4, -0.2) is 80.9 Å². The molecule has 2 aliphatic rings. The van der Waals surface area contributed by atoms with E-state index in [1.807, 2.05) is 19.1 Å². The van der Waals surface area contributed by atoms with Crippen molar-refractivity contribution in [2.75, 3.05) is 27.1 Å². The van der Waals surface area contributed by atoms with Crippen molar-refractivity contribution in [3.05, 3.63) is 77.4 Å². The summed E-state index contributed by atoms with van der Waals surface area (Å²) >= 11 is 0. The lowest BCUT2D eigenvalue weighted by Crippen LogP contribution is -2.37. The number of ketones is 1. The van der Waals surface area contributed by atoms with Crippen LogP contribution in [0.15, 0.2) is 60.7 Å². The molecule has 0 aliphatic carbocycles. The van der Waals surface area contributed by atoms with E-state index in [0.717, 1.165) is 0 Å². The Morgan fingerprint density at radius 3 is 2.48 bits per heavy atom. The van der Waals surface area contributed by atoms with Crippen molar-refractivity contribution in [3.8, 4) is 11.5 Å². The molecule has 1 amide bonds. The van der Waals surface area contributed by atoms with Crippen LogP contribution in [0.2, 0.25) is 0 Å². The fourth-order valence-electron chi connectivity index (χ4n) is 5.13. The molecule has 5 atom stereocenters. The minimum Gasteiger partial charge on any atom is -0.486 e. The second-order valence-corrected chi connectivity index (χ2v) is 12.0. The largest absolute Gasteiger partial charge is 0.486 e. The molecule has 2 aliphatic heterocycles. The summed E-state index contributed by atoms with van der Waals surface area (Å²) in [6.07, 6.45) is 4.79. The molecule has 12 nitrogen and oxygen atoms in total. The Morgan fingerprint density at radius 2 is 1.77 bits per heavy atom. The van der Waals surface area contributed by atoms with Crippen LogP contribution in [0.3, 0.4) is 0 Å². The van der Waals surface area contributed by atoms with Crippen LogP contribution in [0, 0.1) is 5.92 Å². The standard InChI is InChI=1S/C36H43NO11/c1-22-15-16-29(46-34(40)25-11-8-7-9-12-25)33-30(47-36(4,5)48-33)14-10-13-26-17-28(43-20-27(39)19-37-24(3)38)18-31(44-21-42-6)32(26)35(41)45-23(22)2/h7-13,15-18,22-23,29-30,33H,14,19-21H2,1-6H3,(H,37,38)/b13-10+,16-15-/t22-,23?,29?,30?,33?/m1/s1. The summed E-state index contributed by atoms with van der Waals surface area (Å²) in [7, 11) is 1.44. The molecule has 4 rings (SSSR count). The predicted octanol–water partition coefficient (Wildman–Crippen LogP) is 4.65. The Morgan fingerprint density at radius 1 is 1.02 bits per heavy atom. The summed E-state index contributed by atoms with van der Waals surface area (Å²) in [5, 5.41) is 2.44. The molecule has 0 bridgehead atoms. The average Bonchev–Trinajstić information content (AvgIpc) is 3.36. The first-order valence-corrected chi connectivity index (χ1v) is 15.7. The van der Waals surface area contributed by atoms with Crippen LogP contribution in [0.25, 0.3) is 6.08 Å². The molecule has 1 saturated heterocycles. The summed E-state index contributed by atoms with van der Waals surface area (Å²) in [6.45, 7) is 7.85. The zero-order valence-corrected chi connectivity index (χ0v) is 28.1. The smallest absolute Gasteiger partial charge is 0.342 e. The van der Waals surface area contributed by atoms with Crippen molar-refractivity contribution in [1.82, 2.24) is 5.32 Å². The highest BCUT2D eigenvalue weighted by molar-refractivity contribution is 5.97. The lowest BCUT2D eigenvalue weighted by atomic mass is 9.98. The number of ether oxygens (including phenoxy) is 7. The van der Waals surface area contributed by atoms with Gasteiger partial charge in [0.25, 0.3) is 0 Å². The van der Waals surface area contributed by atoms with E-state index in [9.17, 15) is 19.2 Å². The van der Waals surface area contributed by atoms with Crippen molar-refractivity contribution in [2.45, 2.75) is 71.2 Å². The third-order valence-corrected chi connectivity index (χ3v) is 7.68. The van der Waals surface area contributed by atoms with Gasteiger partial charge in [-0.05, 0) is 57.0 Å². The van der Waals surface area contributed by atoms with E-state index < -0.39 is 42.1 Å². The average molecular weight is 666 g/mol. The molecule has 258 valence electrons. The fraction of sp³-hybridized carbons (Fsp3) is 0.444. The number of hydrogen-bond acceptors (Lipinski definition) is 11. The van der Waals surface area contributed by atoms with Gasteiger partial charge in [0.15, 0.2) is 18.4 Å². The molecule has 12 heteroatoms. The van der Waals surface area contributed by atoms with Gasteiger partial charge in [0.2, 0.25) is 5.91 Å². The molecule has 2 aromatic rings. The van der Waals surface area contributed by atoms with Crippen molar-refractivity contribution in [2.24, 2.45) is 5.92 Å². The second-order valence-electron chi connectivity index (χ2n) is 12.0. The number of methoxy groups -OCH3 is 1. The van der Waals surface area contributed by atoms with Crippen LogP contribution < -0.4 is 14.8 Å². The second kappa shape index (κ2) is 16.5. The fourth-order valence-corrected chi connectivity index (χ4v) is 5.13. The van der Waals surface area contributed by atoms with Gasteiger partial charge < -0.3 is 38.5 Å². The van der Waals surface area contributed by atoms with E-state index in [2.05, 4.69) is 5.32 Å². The van der Waals surface area contributed by atoms with Gasteiger partial charge in [0.1, 0.15) is 42.0 Å². The Kier molecular flexibility index (Phi) is 12.5. The highest BCUT2D eigenvalue weighted by atomic mass is 16.8. The van der Waals surface area contributed by atoms with Crippen molar-refractivity contribution >= 4 is 29.7 Å². The first-order valence-electron chi connectivity index (χ1n) is 15.7. The van der Waals surface area contributed by atoms with Crippen LogP contribution in [0.4, 0.5) is 0 Å². The Bertz CT molecular complexity index is 1520. The first-order chi connectivity index (χ1) is 22.9. The molecular weight excluding hydrogens is 622 g/mol. The molecule has 0 spiro atoms. The van der Waals surface area contributed by atoms with Gasteiger partial charge in [-0.1, -0.05) is 43.4 Å². The van der Waals surface area contributed by atoms with Gasteiger partial charge in [0.05, 0.1) is 18.2 Å². The van der Waals surface area contributed by atoms with Gasteiger partial charge in [-0.2, -0.15) is 0 Å². The molecule has 48 heavy (non-hydrogen) atoms. The third-order valence-electron chi connectivity index (χ3n) is 7.68. The number of fused-ring (bicyclic) bond motifs is 2. The van der Waals surface area contributed by atoms with Gasteiger partial charge >= 0.3 is 11.9 Å². The minimum atomic E-state index is -0.968. The van der Waals surface area contributed by atoms with Crippen LogP contribution in [0.5, 0.6) is 11.5 Å². The van der Waals surface area contributed by atoms with Crippen molar-refractivity contribution < 1.29 is 52.3 Å². The summed E-state index contributed by atoms with van der Waals surface area (Å²) in [5.41, 5.74) is 0.927. The van der Waals surface area contributed by atoms with Crippen molar-refractivity contribution in [1.29, 1.82) is 0 Å². The maximum absolute atomic E-state index is 13.7. The summed E-state index contributed by atoms with van der Waals surface area (Å²) in [4.78, 5) is 50.4. The molecule has 0 radical (unpaired) electrons. The number of Topliss-reactive ketones (excluding diaryl/α,β-unsaturated/α-hetero) is 1. The monoisotopic (exact) mass is 665 g/mol. The van der Waals surface area contributed by atoms with E-state index in [1.54, 1.807) is 69.3 Å². The van der Waals surface area contributed by atoms with E-state index in [4.69, 9.17) is 33.2 Å². The van der Waals surface area contributed by atoms with E-state index in [-0.39, 0.29) is 54.6 Å². The number of nitrogens with one attached hydrogen (secondary N) is 1. The number of amides is 1. The van der Waals surface area contributed by atoms with Crippen LogP contribution in [0.1, 0.15) is 67.3 Å². The Labute approximate surface area is 280 Å². The lowest BCUT2D eigenvalue weighted by molar-refractivity contribution is -0.152. The maximum Gasteiger partial charge on any atom is 0.342 e. The number of hydrogen-bond donors (Lipinski definition) is 1. The summed E-state index contributed by atoms with van der Waals surface area (Å²) in [5.74, 6) is -2.75. The van der Waals surface area contributed by atoms with Gasteiger partial charge in [0, 0.05) is 26.0 Å². The lowest BCUT2D eigenvalue weighted by Gasteiger charge is -2.25. The topological polar surface area (TPSA) is 145 Å². The number of carbonyl (C=O) groups is 4. The number of cyclic esters (lactones) is 1. The zero-order valence-electron chi connectivity index (χ0n) is 28.1. The zero-order chi connectivity index (χ0) is 34.8. The van der Waals surface area contributed by atoms with Crippen molar-refractivity contribution in [3.63, 3.8) is 0 Å². The number of rotatable bonds is 10. The molecule has 1 N–H and O–H groups in total. The summed E-state index contributed by atoms with van der Waals surface area (Å²) in [6, 6.07) is 11.8. The molecule has 0 saturated carbocycles. The first kappa shape index (κ1) is 36.3.